The first-order valence-electron chi connectivity index (χ1n) is 3.70. The number of aromatic hydroxyl groups is 1. The Balaban J connectivity index is 3.04. The molecule has 0 radical (unpaired) electrons. The maximum Gasteiger partial charge on any atom is 0.271 e. The molecule has 5 nitrogen and oxygen atoms in total. The Morgan fingerprint density at radius 3 is 3.00 bits per heavy atom. The van der Waals surface area contributed by atoms with Crippen LogP contribution in [0.5, 0.6) is 5.88 Å². The zero-order valence-electron chi connectivity index (χ0n) is 6.82. The van der Waals surface area contributed by atoms with Crippen LogP contribution in [-0.4, -0.2) is 20.6 Å². The van der Waals surface area contributed by atoms with E-state index in [0.717, 1.165) is 6.42 Å². The predicted octanol–water partition coefficient (Wildman–Crippen LogP) is 0.0976. The molecule has 0 spiro atoms. The summed E-state index contributed by atoms with van der Waals surface area (Å²) in [7, 11) is 0. The van der Waals surface area contributed by atoms with Crippen LogP contribution in [0.4, 0.5) is 0 Å². The van der Waals surface area contributed by atoms with Crippen LogP contribution in [0.15, 0.2) is 6.33 Å². The fourth-order valence-electron chi connectivity index (χ4n) is 1.03. The molecule has 0 saturated heterocycles. The van der Waals surface area contributed by atoms with Crippen LogP contribution in [0.25, 0.3) is 0 Å². The normalized spacial score (nSPS) is 10.1. The highest BCUT2D eigenvalue weighted by atomic mass is 16.3. The van der Waals surface area contributed by atoms with Crippen molar-refractivity contribution in [2.24, 2.45) is 5.73 Å². The highest BCUT2D eigenvalue weighted by Gasteiger charge is 2.14. The molecule has 0 saturated carbocycles. The molecule has 0 unspecified atom stereocenters. The van der Waals surface area contributed by atoms with Gasteiger partial charge in [-0.05, 0) is 6.42 Å². The van der Waals surface area contributed by atoms with E-state index in [9.17, 15) is 4.79 Å². The Kier molecular flexibility index (Phi) is 2.32. The zero-order chi connectivity index (χ0) is 9.14. The topological polar surface area (TPSA) is 81.1 Å². The molecule has 1 heterocycles. The summed E-state index contributed by atoms with van der Waals surface area (Å²) in [6.07, 6.45) is 2.26. The van der Waals surface area contributed by atoms with Crippen molar-refractivity contribution in [3.63, 3.8) is 0 Å². The third-order valence-corrected chi connectivity index (χ3v) is 1.52. The standard InChI is InChI=1S/C7H11N3O2/c1-2-3-10-4-9-7(12)5(10)6(8)11/h4,12H,2-3H2,1H3,(H2,8,11). The molecule has 0 aliphatic carbocycles. The fourth-order valence-corrected chi connectivity index (χ4v) is 1.03. The lowest BCUT2D eigenvalue weighted by Gasteiger charge is -2.01. The van der Waals surface area contributed by atoms with Crippen LogP contribution in [0, 0.1) is 0 Å². The van der Waals surface area contributed by atoms with Crippen molar-refractivity contribution in [3.8, 4) is 5.88 Å². The summed E-state index contributed by atoms with van der Waals surface area (Å²) in [5.41, 5.74) is 5.11. The molecule has 1 amide bonds. The van der Waals surface area contributed by atoms with Gasteiger partial charge in [-0.3, -0.25) is 4.79 Å². The molecule has 0 fully saturated rings. The molecule has 3 N–H and O–H groups in total. The molecular formula is C7H11N3O2. The number of nitrogens with two attached hydrogens (primary N) is 1. The van der Waals surface area contributed by atoms with Crippen molar-refractivity contribution in [2.75, 3.05) is 0 Å². The van der Waals surface area contributed by atoms with Crippen molar-refractivity contribution >= 4 is 5.91 Å². The number of aryl methyl sites for hydroxylation is 1. The monoisotopic (exact) mass is 169 g/mol. The third kappa shape index (κ3) is 1.39. The molecule has 1 aromatic rings. The highest BCUT2D eigenvalue weighted by Crippen LogP contribution is 2.13. The van der Waals surface area contributed by atoms with Crippen molar-refractivity contribution < 1.29 is 9.90 Å². The van der Waals surface area contributed by atoms with Gasteiger partial charge in [-0.15, -0.1) is 0 Å². The fraction of sp³-hybridized carbons (Fsp3) is 0.429. The number of hydrogen-bond donors (Lipinski definition) is 2. The van der Waals surface area contributed by atoms with Crippen LogP contribution in [0.3, 0.4) is 0 Å². The Morgan fingerprint density at radius 2 is 2.50 bits per heavy atom. The van der Waals surface area contributed by atoms with Gasteiger partial charge in [0.2, 0.25) is 5.88 Å². The van der Waals surface area contributed by atoms with Crippen LogP contribution < -0.4 is 5.73 Å². The lowest BCUT2D eigenvalue weighted by molar-refractivity contribution is 0.0988. The molecule has 0 bridgehead atoms. The van der Waals surface area contributed by atoms with Gasteiger partial charge in [0.1, 0.15) is 0 Å². The Bertz CT molecular complexity index is 293. The number of carbonyl (C=O) groups is 1. The van der Waals surface area contributed by atoms with Crippen molar-refractivity contribution in [2.45, 2.75) is 19.9 Å². The first-order valence-corrected chi connectivity index (χ1v) is 3.70. The number of nitrogens with zero attached hydrogens (tertiary/aromatic N) is 2. The second-order valence-corrected chi connectivity index (χ2v) is 2.47. The van der Waals surface area contributed by atoms with E-state index in [1.54, 1.807) is 0 Å². The number of rotatable bonds is 3. The van der Waals surface area contributed by atoms with Crippen LogP contribution in [0.1, 0.15) is 23.8 Å². The molecule has 0 aliphatic heterocycles. The van der Waals surface area contributed by atoms with Crippen molar-refractivity contribution in [3.05, 3.63) is 12.0 Å². The number of carbonyl (C=O) groups excluding carboxylic acids is 1. The first-order chi connectivity index (χ1) is 5.66. The minimum Gasteiger partial charge on any atom is -0.492 e. The van der Waals surface area contributed by atoms with Gasteiger partial charge in [-0.25, -0.2) is 4.98 Å². The van der Waals surface area contributed by atoms with Gasteiger partial charge in [0.05, 0.1) is 6.33 Å². The lowest BCUT2D eigenvalue weighted by Crippen LogP contribution is -2.16. The van der Waals surface area contributed by atoms with E-state index in [0.29, 0.717) is 6.54 Å². The summed E-state index contributed by atoms with van der Waals surface area (Å²) in [4.78, 5) is 14.4. The molecule has 1 aromatic heterocycles. The maximum atomic E-state index is 10.8. The Labute approximate surface area is 69.8 Å². The van der Waals surface area contributed by atoms with E-state index in [1.165, 1.54) is 10.9 Å². The minimum absolute atomic E-state index is 0.0804. The average molecular weight is 169 g/mol. The molecule has 66 valence electrons. The van der Waals surface area contributed by atoms with Gasteiger partial charge in [-0.1, -0.05) is 6.92 Å². The third-order valence-electron chi connectivity index (χ3n) is 1.52. The molecule has 1 rings (SSSR count). The summed E-state index contributed by atoms with van der Waals surface area (Å²) in [5.74, 6) is -0.950. The van der Waals surface area contributed by atoms with Gasteiger partial charge in [0.15, 0.2) is 5.69 Å². The number of imidazole rings is 1. The van der Waals surface area contributed by atoms with Crippen molar-refractivity contribution in [1.29, 1.82) is 0 Å². The van der Waals surface area contributed by atoms with Gasteiger partial charge in [0, 0.05) is 6.54 Å². The van der Waals surface area contributed by atoms with E-state index < -0.39 is 5.91 Å². The summed E-state index contributed by atoms with van der Waals surface area (Å²) in [6, 6.07) is 0. The summed E-state index contributed by atoms with van der Waals surface area (Å²) in [6.45, 7) is 2.59. The smallest absolute Gasteiger partial charge is 0.271 e. The van der Waals surface area contributed by atoms with Gasteiger partial charge in [-0.2, -0.15) is 0 Å². The Morgan fingerprint density at radius 1 is 1.83 bits per heavy atom. The van der Waals surface area contributed by atoms with E-state index in [-0.39, 0.29) is 11.6 Å². The van der Waals surface area contributed by atoms with Crippen LogP contribution in [-0.2, 0) is 6.54 Å². The molecule has 0 aliphatic rings. The second kappa shape index (κ2) is 3.25. The van der Waals surface area contributed by atoms with Crippen LogP contribution >= 0.6 is 0 Å². The van der Waals surface area contributed by atoms with E-state index >= 15 is 0 Å². The molecule has 12 heavy (non-hydrogen) atoms. The summed E-state index contributed by atoms with van der Waals surface area (Å²) >= 11 is 0. The van der Waals surface area contributed by atoms with Crippen LogP contribution in [0.2, 0.25) is 0 Å². The highest BCUT2D eigenvalue weighted by molar-refractivity contribution is 5.93. The van der Waals surface area contributed by atoms with E-state index in [1.807, 2.05) is 6.92 Å². The zero-order valence-corrected chi connectivity index (χ0v) is 6.82. The number of hydrogen-bond acceptors (Lipinski definition) is 3. The van der Waals surface area contributed by atoms with Gasteiger partial charge >= 0.3 is 0 Å². The average Bonchev–Trinajstić information content (AvgIpc) is 2.32. The molecule has 0 aromatic carbocycles. The molecular weight excluding hydrogens is 158 g/mol. The molecule has 0 atom stereocenters. The van der Waals surface area contributed by atoms with Crippen molar-refractivity contribution in [1.82, 2.24) is 9.55 Å². The number of amides is 1. The minimum atomic E-state index is -0.654. The quantitative estimate of drug-likeness (QED) is 0.673. The van der Waals surface area contributed by atoms with E-state index in [2.05, 4.69) is 4.98 Å². The molecule has 5 heteroatoms. The Hall–Kier alpha value is -1.52. The number of aromatic nitrogens is 2. The summed E-state index contributed by atoms with van der Waals surface area (Å²) < 4.78 is 1.54. The van der Waals surface area contributed by atoms with Gasteiger partial charge < -0.3 is 15.4 Å². The number of primary amides is 1. The van der Waals surface area contributed by atoms with Gasteiger partial charge in [0.25, 0.3) is 5.91 Å². The SMILES string of the molecule is CCCn1cnc(O)c1C(N)=O. The maximum absolute atomic E-state index is 10.8. The predicted molar refractivity (Wildman–Crippen MR) is 42.7 cm³/mol. The van der Waals surface area contributed by atoms with E-state index in [4.69, 9.17) is 10.8 Å². The lowest BCUT2D eigenvalue weighted by atomic mass is 10.4. The summed E-state index contributed by atoms with van der Waals surface area (Å²) in [5, 5.41) is 9.10. The largest absolute Gasteiger partial charge is 0.492 e. The first kappa shape index (κ1) is 8.58. The second-order valence-electron chi connectivity index (χ2n) is 2.47.